The van der Waals surface area contributed by atoms with Crippen molar-refractivity contribution in [1.29, 1.82) is 0 Å². The molecular weight excluding hydrogens is 336 g/mol. The summed E-state index contributed by atoms with van der Waals surface area (Å²) in [4.78, 5) is 4.21. The van der Waals surface area contributed by atoms with Gasteiger partial charge in [0, 0.05) is 25.0 Å². The van der Waals surface area contributed by atoms with Crippen LogP contribution in [0.3, 0.4) is 0 Å². The Kier molecular flexibility index (Phi) is 6.44. The van der Waals surface area contributed by atoms with Crippen LogP contribution in [0.25, 0.3) is 0 Å². The number of nitrogens with one attached hydrogen (secondary N) is 1. The number of hydrogen-bond acceptors (Lipinski definition) is 4. The third-order valence-electron chi connectivity index (χ3n) is 4.77. The van der Waals surface area contributed by atoms with E-state index < -0.39 is 0 Å². The highest BCUT2D eigenvalue weighted by molar-refractivity contribution is 5.44. The molecule has 0 radical (unpaired) electrons. The number of aromatic nitrogens is 1. The molecule has 0 saturated heterocycles. The number of ether oxygens (including phenoxy) is 2. The van der Waals surface area contributed by atoms with Gasteiger partial charge in [-0.05, 0) is 53.8 Å². The Morgan fingerprint density at radius 3 is 2.48 bits per heavy atom. The Morgan fingerprint density at radius 2 is 1.78 bits per heavy atom. The van der Waals surface area contributed by atoms with Crippen LogP contribution in [-0.2, 0) is 13.0 Å². The molecule has 1 aromatic heterocycles. The van der Waals surface area contributed by atoms with Crippen LogP contribution in [0.4, 0.5) is 0 Å². The highest BCUT2D eigenvalue weighted by atomic mass is 16.5. The third kappa shape index (κ3) is 4.86. The van der Waals surface area contributed by atoms with Gasteiger partial charge < -0.3 is 14.8 Å². The molecule has 0 spiro atoms. The van der Waals surface area contributed by atoms with Gasteiger partial charge in [0.15, 0.2) is 11.5 Å². The molecule has 140 valence electrons. The molecule has 3 rings (SSSR count). The lowest BCUT2D eigenvalue weighted by Crippen LogP contribution is -2.23. The van der Waals surface area contributed by atoms with Crippen LogP contribution in [0.15, 0.2) is 67.0 Å². The molecule has 4 heteroatoms. The monoisotopic (exact) mass is 362 g/mol. The predicted octanol–water partition coefficient (Wildman–Crippen LogP) is 4.48. The van der Waals surface area contributed by atoms with Crippen molar-refractivity contribution in [2.45, 2.75) is 25.9 Å². The number of benzene rings is 2. The van der Waals surface area contributed by atoms with Gasteiger partial charge in [-0.3, -0.25) is 4.98 Å². The Hall–Kier alpha value is -2.85. The Balaban J connectivity index is 1.87. The first-order chi connectivity index (χ1) is 13.2. The zero-order valence-corrected chi connectivity index (χ0v) is 16.1. The van der Waals surface area contributed by atoms with Crippen LogP contribution in [0.2, 0.25) is 0 Å². The van der Waals surface area contributed by atoms with Crippen molar-refractivity contribution in [1.82, 2.24) is 10.3 Å². The summed E-state index contributed by atoms with van der Waals surface area (Å²) >= 11 is 0. The molecule has 3 aromatic rings. The second-order valence-electron chi connectivity index (χ2n) is 6.54. The van der Waals surface area contributed by atoms with Gasteiger partial charge in [0.25, 0.3) is 0 Å². The van der Waals surface area contributed by atoms with Gasteiger partial charge in [0.05, 0.1) is 14.2 Å². The summed E-state index contributed by atoms with van der Waals surface area (Å²) in [5.41, 5.74) is 4.95. The average Bonchev–Trinajstić information content (AvgIpc) is 2.72. The van der Waals surface area contributed by atoms with Crippen molar-refractivity contribution >= 4 is 0 Å². The molecule has 0 aliphatic heterocycles. The van der Waals surface area contributed by atoms with E-state index in [0.717, 1.165) is 30.0 Å². The number of methoxy groups -OCH3 is 2. The molecule has 0 saturated carbocycles. The van der Waals surface area contributed by atoms with E-state index in [4.69, 9.17) is 9.47 Å². The number of nitrogens with zero attached hydrogens (tertiary/aromatic N) is 1. The van der Waals surface area contributed by atoms with Crippen molar-refractivity contribution in [3.63, 3.8) is 0 Å². The zero-order chi connectivity index (χ0) is 19.1. The van der Waals surface area contributed by atoms with Crippen LogP contribution in [0, 0.1) is 6.92 Å². The van der Waals surface area contributed by atoms with E-state index in [1.807, 2.05) is 18.3 Å². The van der Waals surface area contributed by atoms with Crippen LogP contribution in [0.1, 0.15) is 28.3 Å². The van der Waals surface area contributed by atoms with Gasteiger partial charge in [-0.2, -0.15) is 0 Å². The summed E-state index contributed by atoms with van der Waals surface area (Å²) in [6, 6.07) is 18.8. The summed E-state index contributed by atoms with van der Waals surface area (Å²) in [6.07, 6.45) is 4.58. The molecule has 1 unspecified atom stereocenters. The minimum Gasteiger partial charge on any atom is -0.493 e. The van der Waals surface area contributed by atoms with E-state index in [0.29, 0.717) is 0 Å². The van der Waals surface area contributed by atoms with Gasteiger partial charge in [0.1, 0.15) is 0 Å². The fraction of sp³-hybridized carbons (Fsp3) is 0.261. The maximum absolute atomic E-state index is 5.50. The van der Waals surface area contributed by atoms with E-state index in [1.165, 1.54) is 16.7 Å². The van der Waals surface area contributed by atoms with Crippen molar-refractivity contribution in [2.75, 3.05) is 14.2 Å². The van der Waals surface area contributed by atoms with E-state index in [-0.39, 0.29) is 6.04 Å². The molecule has 0 aliphatic rings. The van der Waals surface area contributed by atoms with E-state index in [1.54, 1.807) is 20.4 Å². The maximum Gasteiger partial charge on any atom is 0.161 e. The quantitative estimate of drug-likeness (QED) is 0.642. The molecule has 0 aliphatic carbocycles. The Labute approximate surface area is 161 Å². The summed E-state index contributed by atoms with van der Waals surface area (Å²) in [5.74, 6) is 1.48. The fourth-order valence-electron chi connectivity index (χ4n) is 3.18. The first kappa shape index (κ1) is 18.9. The van der Waals surface area contributed by atoms with Crippen molar-refractivity contribution in [3.05, 3.63) is 89.2 Å². The first-order valence-electron chi connectivity index (χ1n) is 9.10. The van der Waals surface area contributed by atoms with Crippen molar-refractivity contribution < 1.29 is 9.47 Å². The Morgan fingerprint density at radius 1 is 0.963 bits per heavy atom. The second-order valence-corrected chi connectivity index (χ2v) is 6.54. The van der Waals surface area contributed by atoms with Crippen LogP contribution < -0.4 is 14.8 Å². The second kappa shape index (κ2) is 9.19. The normalized spacial score (nSPS) is 11.8. The maximum atomic E-state index is 5.50. The summed E-state index contributed by atoms with van der Waals surface area (Å²) in [6.45, 7) is 2.90. The molecule has 1 heterocycles. The summed E-state index contributed by atoms with van der Waals surface area (Å²) < 4.78 is 10.9. The van der Waals surface area contributed by atoms with Gasteiger partial charge in [-0.25, -0.2) is 0 Å². The molecule has 0 fully saturated rings. The highest BCUT2D eigenvalue weighted by Gasteiger charge is 2.16. The molecule has 1 N–H and O–H groups in total. The smallest absolute Gasteiger partial charge is 0.161 e. The summed E-state index contributed by atoms with van der Waals surface area (Å²) in [7, 11) is 3.32. The highest BCUT2D eigenvalue weighted by Crippen LogP contribution is 2.31. The molecule has 0 bridgehead atoms. The SMILES string of the molecule is COc1ccc(C(Cc2ccccc2C)NCc2cccnc2)cc1OC. The minimum absolute atomic E-state index is 0.145. The van der Waals surface area contributed by atoms with Gasteiger partial charge in [0.2, 0.25) is 0 Å². The van der Waals surface area contributed by atoms with E-state index in [9.17, 15) is 0 Å². The van der Waals surface area contributed by atoms with Crippen molar-refractivity contribution in [2.24, 2.45) is 0 Å². The lowest BCUT2D eigenvalue weighted by atomic mass is 9.95. The molecular formula is C23H26N2O2. The number of aryl methyl sites for hydroxylation is 1. The van der Waals surface area contributed by atoms with Crippen LogP contribution in [-0.4, -0.2) is 19.2 Å². The van der Waals surface area contributed by atoms with Crippen molar-refractivity contribution in [3.8, 4) is 11.5 Å². The van der Waals surface area contributed by atoms with Gasteiger partial charge in [-0.1, -0.05) is 36.4 Å². The lowest BCUT2D eigenvalue weighted by molar-refractivity contribution is 0.353. The summed E-state index contributed by atoms with van der Waals surface area (Å²) in [5, 5.41) is 3.68. The predicted molar refractivity (Wildman–Crippen MR) is 108 cm³/mol. The topological polar surface area (TPSA) is 43.4 Å². The fourth-order valence-corrected chi connectivity index (χ4v) is 3.18. The number of pyridine rings is 1. The molecule has 0 amide bonds. The third-order valence-corrected chi connectivity index (χ3v) is 4.77. The minimum atomic E-state index is 0.145. The van der Waals surface area contributed by atoms with E-state index in [2.05, 4.69) is 59.7 Å². The molecule has 4 nitrogen and oxygen atoms in total. The largest absolute Gasteiger partial charge is 0.493 e. The lowest BCUT2D eigenvalue weighted by Gasteiger charge is -2.22. The van der Waals surface area contributed by atoms with Crippen LogP contribution in [0.5, 0.6) is 11.5 Å². The molecule has 2 aromatic carbocycles. The average molecular weight is 362 g/mol. The number of hydrogen-bond donors (Lipinski definition) is 1. The molecule has 1 atom stereocenters. The molecule has 27 heavy (non-hydrogen) atoms. The van der Waals surface area contributed by atoms with E-state index >= 15 is 0 Å². The first-order valence-corrected chi connectivity index (χ1v) is 9.10. The zero-order valence-electron chi connectivity index (χ0n) is 16.1. The number of rotatable bonds is 8. The Bertz CT molecular complexity index is 865. The standard InChI is InChI=1S/C23H26N2O2/c1-17-7-4-5-9-19(17)13-21(25-16-18-8-6-12-24-15-18)20-10-11-22(26-2)23(14-20)27-3/h4-12,14-15,21,25H,13,16H2,1-3H3. The van der Waals surface area contributed by atoms with Gasteiger partial charge >= 0.3 is 0 Å². The van der Waals surface area contributed by atoms with Gasteiger partial charge in [-0.15, -0.1) is 0 Å². The van der Waals surface area contributed by atoms with Crippen LogP contribution >= 0.6 is 0 Å².